The lowest BCUT2D eigenvalue weighted by atomic mass is 10.1. The molecule has 1 fully saturated rings. The number of carbonyl (C=O) groups is 1. The van der Waals surface area contributed by atoms with Crippen molar-refractivity contribution in [3.05, 3.63) is 76.9 Å². The van der Waals surface area contributed by atoms with E-state index in [9.17, 15) is 22.4 Å². The van der Waals surface area contributed by atoms with E-state index >= 15 is 0 Å². The van der Waals surface area contributed by atoms with Crippen LogP contribution >= 0.6 is 11.3 Å². The topological polar surface area (TPSA) is 75.4 Å². The van der Waals surface area contributed by atoms with Crippen molar-refractivity contribution < 1.29 is 26.9 Å². The van der Waals surface area contributed by atoms with Crippen molar-refractivity contribution in [3.8, 4) is 22.0 Å². The Labute approximate surface area is 207 Å². The molecule has 5 rings (SSSR count). The number of halogens is 4. The van der Waals surface area contributed by atoms with Gasteiger partial charge in [0.05, 0.1) is 5.69 Å². The summed E-state index contributed by atoms with van der Waals surface area (Å²) in [4.78, 5) is 25.0. The van der Waals surface area contributed by atoms with Crippen LogP contribution in [0.15, 0.2) is 58.4 Å². The Morgan fingerprint density at radius 2 is 1.75 bits per heavy atom. The number of piperazine rings is 1. The fourth-order valence-corrected chi connectivity index (χ4v) is 4.69. The molecule has 2 aromatic heterocycles. The molecule has 7 nitrogen and oxygen atoms in total. The third kappa shape index (κ3) is 5.29. The molecule has 0 bridgehead atoms. The van der Waals surface area contributed by atoms with Gasteiger partial charge >= 0.3 is 12.1 Å². The van der Waals surface area contributed by atoms with E-state index in [4.69, 9.17) is 0 Å². The van der Waals surface area contributed by atoms with E-state index in [1.54, 1.807) is 29.2 Å². The van der Waals surface area contributed by atoms with Crippen molar-refractivity contribution >= 4 is 17.2 Å². The molecule has 0 atom stereocenters. The molecule has 12 heteroatoms. The van der Waals surface area contributed by atoms with E-state index in [2.05, 4.69) is 24.5 Å². The van der Waals surface area contributed by atoms with E-state index in [0.717, 1.165) is 16.3 Å². The zero-order valence-electron chi connectivity index (χ0n) is 18.7. The molecule has 0 aliphatic carbocycles. The molecule has 0 spiro atoms. The van der Waals surface area contributed by atoms with Gasteiger partial charge in [-0.25, -0.2) is 9.37 Å². The Balaban J connectivity index is 1.19. The van der Waals surface area contributed by atoms with Gasteiger partial charge in [-0.3, -0.25) is 9.69 Å². The van der Waals surface area contributed by atoms with Gasteiger partial charge in [-0.1, -0.05) is 17.3 Å². The summed E-state index contributed by atoms with van der Waals surface area (Å²) >= 11 is 1.50. The molecular weight excluding hydrogens is 498 g/mol. The third-order valence-corrected chi connectivity index (χ3v) is 6.66. The number of aromatic nitrogens is 3. The van der Waals surface area contributed by atoms with Gasteiger partial charge in [-0.15, -0.1) is 11.3 Å². The molecule has 0 N–H and O–H groups in total. The number of carbonyl (C=O) groups excluding carboxylic acids is 1. The number of alkyl halides is 3. The van der Waals surface area contributed by atoms with Crippen LogP contribution in [0.2, 0.25) is 0 Å². The minimum absolute atomic E-state index is 0.219. The van der Waals surface area contributed by atoms with Crippen LogP contribution in [0.4, 0.5) is 17.6 Å². The van der Waals surface area contributed by atoms with Gasteiger partial charge in [0.25, 0.3) is 5.91 Å². The summed E-state index contributed by atoms with van der Waals surface area (Å²) < 4.78 is 55.7. The van der Waals surface area contributed by atoms with E-state index < -0.39 is 12.1 Å². The summed E-state index contributed by atoms with van der Waals surface area (Å²) in [5, 5.41) is 6.18. The molecule has 1 aliphatic heterocycles. The van der Waals surface area contributed by atoms with E-state index in [1.807, 2.05) is 5.38 Å². The Kier molecular flexibility index (Phi) is 6.54. The van der Waals surface area contributed by atoms with Crippen LogP contribution in [-0.2, 0) is 12.7 Å². The molecule has 4 aromatic rings. The molecule has 1 saturated heterocycles. The molecule has 36 heavy (non-hydrogen) atoms. The number of hydrogen-bond donors (Lipinski definition) is 0. The summed E-state index contributed by atoms with van der Waals surface area (Å²) in [6.45, 7) is 2.93. The molecule has 2 aromatic carbocycles. The highest BCUT2D eigenvalue weighted by Gasteiger charge is 2.38. The zero-order valence-corrected chi connectivity index (χ0v) is 19.5. The lowest BCUT2D eigenvalue weighted by Crippen LogP contribution is -2.48. The second kappa shape index (κ2) is 9.78. The van der Waals surface area contributed by atoms with Gasteiger partial charge in [-0.2, -0.15) is 18.2 Å². The average Bonchev–Trinajstić information content (AvgIpc) is 3.55. The summed E-state index contributed by atoms with van der Waals surface area (Å²) in [7, 11) is 0. The number of thiazole rings is 1. The summed E-state index contributed by atoms with van der Waals surface area (Å²) in [5.74, 6) is -2.18. The molecular formula is C24H19F4N5O2S. The van der Waals surface area contributed by atoms with Crippen LogP contribution in [-0.4, -0.2) is 57.0 Å². The minimum atomic E-state index is -4.74. The molecule has 0 unspecified atom stereocenters. The van der Waals surface area contributed by atoms with Gasteiger partial charge in [0.15, 0.2) is 0 Å². The maximum atomic E-state index is 13.2. The monoisotopic (exact) mass is 517 g/mol. The van der Waals surface area contributed by atoms with Crippen molar-refractivity contribution in [2.45, 2.75) is 12.7 Å². The van der Waals surface area contributed by atoms with Crippen molar-refractivity contribution in [3.63, 3.8) is 0 Å². The predicted molar refractivity (Wildman–Crippen MR) is 123 cm³/mol. The fourth-order valence-electron chi connectivity index (χ4n) is 3.87. The Bertz CT molecular complexity index is 1360. The minimum Gasteiger partial charge on any atom is -0.336 e. The molecule has 1 amide bonds. The largest absolute Gasteiger partial charge is 0.471 e. The second-order valence-electron chi connectivity index (χ2n) is 8.22. The summed E-state index contributed by atoms with van der Waals surface area (Å²) in [6, 6.07) is 12.4. The van der Waals surface area contributed by atoms with Crippen molar-refractivity contribution in [1.29, 1.82) is 0 Å². The maximum absolute atomic E-state index is 13.2. The van der Waals surface area contributed by atoms with Crippen molar-refractivity contribution in [2.24, 2.45) is 0 Å². The van der Waals surface area contributed by atoms with E-state index in [-0.39, 0.29) is 23.1 Å². The third-order valence-electron chi connectivity index (χ3n) is 5.72. The number of benzene rings is 2. The standard InChI is InChI=1S/C24H19F4N5O2S/c25-18-6-4-15(5-7-18)21-29-19(14-36-21)13-32-8-10-33(11-9-32)22(34)17-3-1-2-16(12-17)20-30-23(35-31-20)24(26,27)28/h1-7,12,14H,8-11,13H2. The van der Waals surface area contributed by atoms with Crippen LogP contribution in [0.1, 0.15) is 21.9 Å². The van der Waals surface area contributed by atoms with Crippen LogP contribution in [0.5, 0.6) is 0 Å². The smallest absolute Gasteiger partial charge is 0.336 e. The highest BCUT2D eigenvalue weighted by Crippen LogP contribution is 2.30. The average molecular weight is 518 g/mol. The van der Waals surface area contributed by atoms with Gasteiger partial charge in [0, 0.05) is 54.8 Å². The predicted octanol–water partition coefficient (Wildman–Crippen LogP) is 4.98. The quantitative estimate of drug-likeness (QED) is 0.348. The second-order valence-corrected chi connectivity index (χ2v) is 9.08. The maximum Gasteiger partial charge on any atom is 0.471 e. The molecule has 186 valence electrons. The van der Waals surface area contributed by atoms with Crippen LogP contribution in [0, 0.1) is 5.82 Å². The highest BCUT2D eigenvalue weighted by atomic mass is 32.1. The van der Waals surface area contributed by atoms with Gasteiger partial charge in [0.2, 0.25) is 5.82 Å². The zero-order chi connectivity index (χ0) is 25.3. The van der Waals surface area contributed by atoms with Gasteiger partial charge in [0.1, 0.15) is 10.8 Å². The fraction of sp³-hybridized carbons (Fsp3) is 0.250. The van der Waals surface area contributed by atoms with Crippen LogP contribution in [0.3, 0.4) is 0 Å². The Hall–Kier alpha value is -3.64. The lowest BCUT2D eigenvalue weighted by molar-refractivity contribution is -0.159. The number of nitrogens with zero attached hydrogens (tertiary/aromatic N) is 5. The van der Waals surface area contributed by atoms with E-state index in [1.165, 1.54) is 35.6 Å². The highest BCUT2D eigenvalue weighted by molar-refractivity contribution is 7.13. The first kappa shape index (κ1) is 24.1. The molecule has 1 aliphatic rings. The van der Waals surface area contributed by atoms with Crippen molar-refractivity contribution in [1.82, 2.24) is 24.9 Å². The number of rotatable bonds is 5. The summed E-state index contributed by atoms with van der Waals surface area (Å²) in [5.41, 5.74) is 2.37. The Morgan fingerprint density at radius 3 is 2.44 bits per heavy atom. The van der Waals surface area contributed by atoms with Crippen LogP contribution in [0.25, 0.3) is 22.0 Å². The number of hydrogen-bond acceptors (Lipinski definition) is 7. The molecule has 3 heterocycles. The normalized spacial score (nSPS) is 14.8. The van der Waals surface area contributed by atoms with Crippen LogP contribution < -0.4 is 0 Å². The van der Waals surface area contributed by atoms with Gasteiger partial charge < -0.3 is 9.42 Å². The first-order valence-corrected chi connectivity index (χ1v) is 11.9. The van der Waals surface area contributed by atoms with Crippen molar-refractivity contribution in [2.75, 3.05) is 26.2 Å². The first-order valence-electron chi connectivity index (χ1n) is 11.0. The number of amides is 1. The Morgan fingerprint density at radius 1 is 1.00 bits per heavy atom. The first-order chi connectivity index (χ1) is 17.3. The summed E-state index contributed by atoms with van der Waals surface area (Å²) in [6.07, 6.45) is -4.74. The van der Waals surface area contributed by atoms with Gasteiger partial charge in [-0.05, 0) is 36.4 Å². The molecule has 0 radical (unpaired) electrons. The lowest BCUT2D eigenvalue weighted by Gasteiger charge is -2.34. The SMILES string of the molecule is O=C(c1cccc(-c2noc(C(F)(F)F)n2)c1)N1CCN(Cc2csc(-c3ccc(F)cc3)n2)CC1. The molecule has 0 saturated carbocycles. The van der Waals surface area contributed by atoms with E-state index in [0.29, 0.717) is 38.3 Å².